The molecule has 6 heteroatoms. The number of hydrogen-bond donors (Lipinski definition) is 2. The molecule has 1 aromatic heterocycles. The van der Waals surface area contributed by atoms with Crippen LogP contribution in [-0.2, 0) is 0 Å². The largest absolute Gasteiger partial charge is 0.285 e. The fourth-order valence-corrected chi connectivity index (χ4v) is 2.10. The maximum Gasteiger partial charge on any atom is 0.285 e. The third kappa shape index (κ3) is 3.06. The average Bonchev–Trinajstić information content (AvgIpc) is 2.31. The molecule has 0 aliphatic heterocycles. The molecule has 0 amide bonds. The van der Waals surface area contributed by atoms with E-state index in [9.17, 15) is 4.79 Å². The Morgan fingerprint density at radius 1 is 1.65 bits per heavy atom. The van der Waals surface area contributed by atoms with Gasteiger partial charge in [0.2, 0.25) is 0 Å². The van der Waals surface area contributed by atoms with E-state index in [2.05, 4.69) is 27.6 Å². The number of nitrogens with one attached hydrogen (secondary N) is 2. The molecular weight excluding hydrogens is 240 g/mol. The van der Waals surface area contributed by atoms with Crippen molar-refractivity contribution >= 4 is 23.0 Å². The van der Waals surface area contributed by atoms with Crippen molar-refractivity contribution in [3.8, 4) is 0 Å². The van der Waals surface area contributed by atoms with Crippen molar-refractivity contribution in [2.75, 3.05) is 5.43 Å². The van der Waals surface area contributed by atoms with Gasteiger partial charge in [0, 0.05) is 5.71 Å². The monoisotopic (exact) mass is 254 g/mol. The van der Waals surface area contributed by atoms with Crippen LogP contribution in [0.5, 0.6) is 0 Å². The van der Waals surface area contributed by atoms with Gasteiger partial charge in [-0.3, -0.25) is 10.2 Å². The van der Waals surface area contributed by atoms with Crippen LogP contribution in [0.2, 0.25) is 5.02 Å². The summed E-state index contributed by atoms with van der Waals surface area (Å²) >= 11 is 5.82. The number of aromatic nitrogens is 2. The molecule has 0 aromatic carbocycles. The van der Waals surface area contributed by atoms with Gasteiger partial charge in [0.05, 0.1) is 6.20 Å². The predicted octanol–water partition coefficient (Wildman–Crippen LogP) is 2.40. The van der Waals surface area contributed by atoms with Gasteiger partial charge >= 0.3 is 0 Å². The summed E-state index contributed by atoms with van der Waals surface area (Å²) in [6, 6.07) is 0. The Kier molecular flexibility index (Phi) is 3.78. The molecule has 1 aliphatic rings. The molecule has 17 heavy (non-hydrogen) atoms. The first-order valence-electron chi connectivity index (χ1n) is 5.71. The van der Waals surface area contributed by atoms with Crippen LogP contribution in [0, 0.1) is 5.92 Å². The van der Waals surface area contributed by atoms with Gasteiger partial charge in [0.15, 0.2) is 0 Å². The Morgan fingerprint density at radius 3 is 3.24 bits per heavy atom. The zero-order valence-corrected chi connectivity index (χ0v) is 10.4. The summed E-state index contributed by atoms with van der Waals surface area (Å²) in [5, 5.41) is 10.3. The summed E-state index contributed by atoms with van der Waals surface area (Å²) in [5.74, 6) is 0.678. The standard InChI is InChI=1S/C11H15ClN4O/c1-7-3-2-4-8(5-7)14-15-9-6-13-16-11(17)10(9)12/h6-7H,2-5H2,1H3,(H2,15,16,17)/b14-8-/t7-/m1/s1. The Labute approximate surface area is 104 Å². The van der Waals surface area contributed by atoms with E-state index >= 15 is 0 Å². The number of rotatable bonds is 2. The Morgan fingerprint density at radius 2 is 2.47 bits per heavy atom. The van der Waals surface area contributed by atoms with E-state index in [1.165, 1.54) is 19.0 Å². The van der Waals surface area contributed by atoms with E-state index in [4.69, 9.17) is 11.6 Å². The van der Waals surface area contributed by atoms with Crippen LogP contribution in [0.1, 0.15) is 32.6 Å². The molecule has 1 aromatic rings. The number of anilines is 1. The van der Waals surface area contributed by atoms with Crippen molar-refractivity contribution in [3.05, 3.63) is 21.6 Å². The molecule has 0 saturated heterocycles. The molecule has 0 radical (unpaired) electrons. The number of nitrogens with zero attached hydrogens (tertiary/aromatic N) is 2. The summed E-state index contributed by atoms with van der Waals surface area (Å²) in [5.41, 5.74) is 3.98. The van der Waals surface area contributed by atoms with Crippen LogP contribution in [0.4, 0.5) is 5.69 Å². The van der Waals surface area contributed by atoms with E-state index in [0.717, 1.165) is 18.6 Å². The van der Waals surface area contributed by atoms with Gasteiger partial charge in [-0.2, -0.15) is 10.2 Å². The van der Waals surface area contributed by atoms with E-state index in [1.807, 2.05) is 0 Å². The highest BCUT2D eigenvalue weighted by atomic mass is 35.5. The van der Waals surface area contributed by atoms with Crippen LogP contribution in [0.25, 0.3) is 0 Å². The first-order chi connectivity index (χ1) is 8.16. The van der Waals surface area contributed by atoms with Crippen LogP contribution in [0.3, 0.4) is 0 Å². The van der Waals surface area contributed by atoms with Crippen molar-refractivity contribution in [1.29, 1.82) is 0 Å². The van der Waals surface area contributed by atoms with Crippen LogP contribution >= 0.6 is 11.6 Å². The second kappa shape index (κ2) is 5.31. The number of aromatic amines is 1. The minimum Gasteiger partial charge on any atom is -0.275 e. The van der Waals surface area contributed by atoms with E-state index in [-0.39, 0.29) is 5.02 Å². The highest BCUT2D eigenvalue weighted by Crippen LogP contribution is 2.22. The minimum absolute atomic E-state index is 0.0909. The number of H-pyrrole nitrogens is 1. The van der Waals surface area contributed by atoms with Crippen molar-refractivity contribution in [2.24, 2.45) is 11.0 Å². The molecule has 0 unspecified atom stereocenters. The topological polar surface area (TPSA) is 70.1 Å². The maximum absolute atomic E-state index is 11.2. The van der Waals surface area contributed by atoms with E-state index in [1.54, 1.807) is 0 Å². The van der Waals surface area contributed by atoms with Crippen molar-refractivity contribution < 1.29 is 0 Å². The first kappa shape index (κ1) is 12.1. The Bertz CT molecular complexity index is 483. The second-order valence-electron chi connectivity index (χ2n) is 4.42. The molecule has 1 heterocycles. The number of hydrazone groups is 1. The van der Waals surface area contributed by atoms with Crippen molar-refractivity contribution in [2.45, 2.75) is 32.6 Å². The van der Waals surface area contributed by atoms with Crippen LogP contribution in [-0.4, -0.2) is 15.9 Å². The molecular formula is C11H15ClN4O. The molecule has 2 N–H and O–H groups in total. The second-order valence-corrected chi connectivity index (χ2v) is 4.80. The summed E-state index contributed by atoms with van der Waals surface area (Å²) in [4.78, 5) is 11.2. The van der Waals surface area contributed by atoms with Gasteiger partial charge in [-0.25, -0.2) is 5.10 Å². The predicted molar refractivity (Wildman–Crippen MR) is 68.6 cm³/mol. The van der Waals surface area contributed by atoms with Gasteiger partial charge in [-0.1, -0.05) is 18.5 Å². The Hall–Kier alpha value is -1.36. The van der Waals surface area contributed by atoms with Gasteiger partial charge in [0.25, 0.3) is 5.56 Å². The quantitative estimate of drug-likeness (QED) is 0.796. The third-order valence-corrected chi connectivity index (χ3v) is 3.25. The zero-order chi connectivity index (χ0) is 12.3. The molecule has 1 saturated carbocycles. The SMILES string of the molecule is C[C@@H]1CCC/C(=N/Nc2cn[nH]c(=O)c2Cl)C1. The highest BCUT2D eigenvalue weighted by Gasteiger charge is 2.14. The summed E-state index contributed by atoms with van der Waals surface area (Å²) in [6.07, 6.45) is 5.89. The van der Waals surface area contributed by atoms with Crippen LogP contribution < -0.4 is 11.0 Å². The van der Waals surface area contributed by atoms with E-state index < -0.39 is 5.56 Å². The lowest BCUT2D eigenvalue weighted by Gasteiger charge is -2.19. The van der Waals surface area contributed by atoms with Crippen molar-refractivity contribution in [3.63, 3.8) is 0 Å². The van der Waals surface area contributed by atoms with Gasteiger partial charge in [0.1, 0.15) is 10.7 Å². The molecule has 0 bridgehead atoms. The van der Waals surface area contributed by atoms with Gasteiger partial charge in [-0.05, 0) is 31.6 Å². The molecule has 1 atom stereocenters. The minimum atomic E-state index is -0.408. The third-order valence-electron chi connectivity index (χ3n) is 2.88. The van der Waals surface area contributed by atoms with Crippen LogP contribution in [0.15, 0.2) is 16.1 Å². The van der Waals surface area contributed by atoms with Crippen molar-refractivity contribution in [1.82, 2.24) is 10.2 Å². The molecule has 2 rings (SSSR count). The number of hydrogen-bond acceptors (Lipinski definition) is 4. The highest BCUT2D eigenvalue weighted by molar-refractivity contribution is 6.32. The van der Waals surface area contributed by atoms with Gasteiger partial charge < -0.3 is 0 Å². The average molecular weight is 255 g/mol. The Balaban J connectivity index is 2.08. The summed E-state index contributed by atoms with van der Waals surface area (Å²) in [7, 11) is 0. The first-order valence-corrected chi connectivity index (χ1v) is 6.09. The fraction of sp³-hybridized carbons (Fsp3) is 0.545. The number of halogens is 1. The van der Waals surface area contributed by atoms with Gasteiger partial charge in [-0.15, -0.1) is 0 Å². The summed E-state index contributed by atoms with van der Waals surface area (Å²) in [6.45, 7) is 2.22. The molecule has 1 fully saturated rings. The molecule has 5 nitrogen and oxygen atoms in total. The van der Waals surface area contributed by atoms with E-state index in [0.29, 0.717) is 11.6 Å². The lowest BCUT2D eigenvalue weighted by Crippen LogP contribution is -2.15. The summed E-state index contributed by atoms with van der Waals surface area (Å²) < 4.78 is 0. The zero-order valence-electron chi connectivity index (χ0n) is 9.66. The molecule has 0 spiro atoms. The lowest BCUT2D eigenvalue weighted by molar-refractivity contribution is 0.500. The smallest absolute Gasteiger partial charge is 0.275 e. The molecule has 92 valence electrons. The fourth-order valence-electron chi connectivity index (χ4n) is 1.96. The maximum atomic E-state index is 11.2. The normalized spacial score (nSPS) is 22.7. The molecule has 1 aliphatic carbocycles. The lowest BCUT2D eigenvalue weighted by atomic mass is 9.89.